The molecule has 27 heavy (non-hydrogen) atoms. The fraction of sp³-hybridized carbons (Fsp3) is 0.278. The van der Waals surface area contributed by atoms with E-state index < -0.39 is 23.7 Å². The van der Waals surface area contributed by atoms with Crippen LogP contribution in [0.1, 0.15) is 28.0 Å². The van der Waals surface area contributed by atoms with Crippen molar-refractivity contribution < 1.29 is 9.59 Å². The lowest BCUT2D eigenvalue weighted by Gasteiger charge is -2.11. The van der Waals surface area contributed by atoms with E-state index in [-0.39, 0.29) is 11.5 Å². The predicted octanol–water partition coefficient (Wildman–Crippen LogP) is -0.174. The summed E-state index contributed by atoms with van der Waals surface area (Å²) in [6.07, 6.45) is 1.17. The number of carbonyl (C=O) groups is 2. The van der Waals surface area contributed by atoms with Crippen molar-refractivity contribution in [3.63, 3.8) is 0 Å². The van der Waals surface area contributed by atoms with Crippen LogP contribution >= 0.6 is 0 Å². The number of fused-ring (bicyclic) bond motifs is 1. The molecule has 0 aliphatic carbocycles. The summed E-state index contributed by atoms with van der Waals surface area (Å²) in [6.45, 7) is -0.101. The number of hydrogen-bond donors (Lipinski definition) is 2. The van der Waals surface area contributed by atoms with Gasteiger partial charge in [0.2, 0.25) is 5.91 Å². The van der Waals surface area contributed by atoms with E-state index in [1.165, 1.54) is 17.7 Å². The minimum absolute atomic E-state index is 0.0958. The lowest BCUT2D eigenvalue weighted by atomic mass is 10.2. The van der Waals surface area contributed by atoms with E-state index >= 15 is 0 Å². The third kappa shape index (κ3) is 3.37. The average molecular weight is 367 g/mol. The van der Waals surface area contributed by atoms with Crippen LogP contribution in [0.4, 0.5) is 5.69 Å². The van der Waals surface area contributed by atoms with Crippen molar-refractivity contribution >= 4 is 17.5 Å². The van der Waals surface area contributed by atoms with Crippen molar-refractivity contribution in [3.05, 3.63) is 61.9 Å². The number of aromatic nitrogens is 2. The first-order valence-electron chi connectivity index (χ1n) is 8.35. The normalized spacial score (nSPS) is 12.1. The van der Waals surface area contributed by atoms with Crippen LogP contribution in [0, 0.1) is 11.3 Å². The van der Waals surface area contributed by atoms with Gasteiger partial charge in [-0.05, 0) is 31.0 Å². The van der Waals surface area contributed by atoms with E-state index in [1.54, 1.807) is 18.2 Å². The van der Waals surface area contributed by atoms with Gasteiger partial charge in [-0.25, -0.2) is 9.36 Å². The molecule has 2 heterocycles. The smallest absolute Gasteiger partial charge is 0.331 e. The molecule has 2 N–H and O–H groups in total. The number of amides is 2. The number of nitrogens with one attached hydrogen (secondary N) is 2. The second-order valence-electron chi connectivity index (χ2n) is 6.07. The van der Waals surface area contributed by atoms with Gasteiger partial charge in [0, 0.05) is 30.5 Å². The number of anilines is 1. The number of benzene rings is 1. The summed E-state index contributed by atoms with van der Waals surface area (Å²) < 4.78 is 2.14. The maximum atomic E-state index is 12.5. The van der Waals surface area contributed by atoms with Crippen LogP contribution in [-0.2, 0) is 24.3 Å². The van der Waals surface area contributed by atoms with Crippen molar-refractivity contribution in [1.29, 1.82) is 5.26 Å². The highest BCUT2D eigenvalue weighted by atomic mass is 16.2. The van der Waals surface area contributed by atoms with Crippen LogP contribution in [-0.4, -0.2) is 28.0 Å². The molecule has 0 fully saturated rings. The molecule has 1 aromatic carbocycles. The largest absolute Gasteiger partial charge is 0.355 e. The summed E-state index contributed by atoms with van der Waals surface area (Å²) in [5.41, 5.74) is -0.303. The summed E-state index contributed by atoms with van der Waals surface area (Å²) in [4.78, 5) is 48.9. The first-order chi connectivity index (χ1) is 13.0. The Hall–Kier alpha value is -3.67. The van der Waals surface area contributed by atoms with Gasteiger partial charge in [0.25, 0.3) is 11.5 Å². The molecular weight excluding hydrogens is 350 g/mol. The van der Waals surface area contributed by atoms with E-state index in [4.69, 9.17) is 0 Å². The zero-order chi connectivity index (χ0) is 19.6. The van der Waals surface area contributed by atoms with Crippen LogP contribution in [0.5, 0.6) is 0 Å². The SMILES string of the molecule is CNC(=O)c1cccc(NC(=O)Cn2c(=O)c(C#N)c3n(c2=O)CCC3)c1. The second-order valence-corrected chi connectivity index (χ2v) is 6.07. The molecule has 0 saturated carbocycles. The van der Waals surface area contributed by atoms with E-state index in [1.807, 2.05) is 6.07 Å². The average Bonchev–Trinajstić information content (AvgIpc) is 3.15. The van der Waals surface area contributed by atoms with E-state index in [0.29, 0.717) is 36.3 Å². The van der Waals surface area contributed by atoms with Crippen molar-refractivity contribution in [1.82, 2.24) is 14.5 Å². The molecule has 0 atom stereocenters. The van der Waals surface area contributed by atoms with Gasteiger partial charge in [0.05, 0.1) is 0 Å². The lowest BCUT2D eigenvalue weighted by molar-refractivity contribution is -0.116. The number of nitriles is 1. The molecular formula is C18H17N5O4. The Morgan fingerprint density at radius 2 is 2.07 bits per heavy atom. The topological polar surface area (TPSA) is 126 Å². The fourth-order valence-electron chi connectivity index (χ4n) is 3.11. The molecule has 2 amide bonds. The maximum Gasteiger partial charge on any atom is 0.331 e. The Balaban J connectivity index is 1.88. The lowest BCUT2D eigenvalue weighted by Crippen LogP contribution is -2.44. The minimum atomic E-state index is -0.759. The van der Waals surface area contributed by atoms with Crippen molar-refractivity contribution in [2.45, 2.75) is 25.9 Å². The third-order valence-electron chi connectivity index (χ3n) is 4.38. The first kappa shape index (κ1) is 18.1. The zero-order valence-electron chi connectivity index (χ0n) is 14.6. The highest BCUT2D eigenvalue weighted by molar-refractivity contribution is 5.97. The summed E-state index contributed by atoms with van der Waals surface area (Å²) >= 11 is 0. The Kier molecular flexibility index (Phi) is 4.90. The summed E-state index contributed by atoms with van der Waals surface area (Å²) in [5, 5.41) is 14.3. The van der Waals surface area contributed by atoms with Gasteiger partial charge in [-0.3, -0.25) is 19.0 Å². The molecule has 0 unspecified atom stereocenters. The molecule has 3 rings (SSSR count). The quantitative estimate of drug-likeness (QED) is 0.776. The van der Waals surface area contributed by atoms with Crippen LogP contribution in [0.2, 0.25) is 0 Å². The number of nitrogens with zero attached hydrogens (tertiary/aromatic N) is 3. The summed E-state index contributed by atoms with van der Waals surface area (Å²) in [7, 11) is 1.49. The maximum absolute atomic E-state index is 12.5. The van der Waals surface area contributed by atoms with Gasteiger partial charge >= 0.3 is 5.69 Å². The van der Waals surface area contributed by atoms with Gasteiger partial charge in [0.15, 0.2) is 0 Å². The number of rotatable bonds is 4. The predicted molar refractivity (Wildman–Crippen MR) is 96.5 cm³/mol. The van der Waals surface area contributed by atoms with Crippen molar-refractivity contribution in [3.8, 4) is 6.07 Å². The Morgan fingerprint density at radius 3 is 2.78 bits per heavy atom. The van der Waals surface area contributed by atoms with Crippen LogP contribution < -0.4 is 21.9 Å². The van der Waals surface area contributed by atoms with Crippen molar-refractivity contribution in [2.24, 2.45) is 0 Å². The molecule has 1 aromatic heterocycles. The monoisotopic (exact) mass is 367 g/mol. The molecule has 138 valence electrons. The Labute approximate surface area is 153 Å². The molecule has 0 bridgehead atoms. The van der Waals surface area contributed by atoms with Crippen LogP contribution in [0.25, 0.3) is 0 Å². The molecule has 9 heteroatoms. The second kappa shape index (κ2) is 7.29. The fourth-order valence-corrected chi connectivity index (χ4v) is 3.11. The standard InChI is InChI=1S/C18H17N5O4/c1-20-16(25)11-4-2-5-12(8-11)21-15(24)10-23-17(26)13(9-19)14-6-3-7-22(14)18(23)27/h2,4-5,8H,3,6-7,10H2,1H3,(H,20,25)(H,21,24). The molecule has 0 spiro atoms. The van der Waals surface area contributed by atoms with E-state index in [0.717, 1.165) is 4.57 Å². The third-order valence-corrected chi connectivity index (χ3v) is 4.38. The molecule has 9 nitrogen and oxygen atoms in total. The molecule has 0 saturated heterocycles. The zero-order valence-corrected chi connectivity index (χ0v) is 14.6. The molecule has 2 aromatic rings. The van der Waals surface area contributed by atoms with Crippen molar-refractivity contribution in [2.75, 3.05) is 12.4 Å². The Morgan fingerprint density at radius 1 is 1.30 bits per heavy atom. The Bertz CT molecular complexity index is 1090. The number of hydrogen-bond acceptors (Lipinski definition) is 5. The van der Waals surface area contributed by atoms with E-state index in [2.05, 4.69) is 10.6 Å². The number of carbonyl (C=O) groups excluding carboxylic acids is 2. The van der Waals surface area contributed by atoms with Gasteiger partial charge in [-0.2, -0.15) is 5.26 Å². The van der Waals surface area contributed by atoms with Gasteiger partial charge < -0.3 is 10.6 Å². The van der Waals surface area contributed by atoms with Gasteiger partial charge in [-0.15, -0.1) is 0 Å². The molecule has 1 aliphatic rings. The van der Waals surface area contributed by atoms with Crippen LogP contribution in [0.15, 0.2) is 33.9 Å². The highest BCUT2D eigenvalue weighted by Crippen LogP contribution is 2.13. The van der Waals surface area contributed by atoms with Crippen LogP contribution in [0.3, 0.4) is 0 Å². The first-order valence-corrected chi connectivity index (χ1v) is 8.35. The van der Waals surface area contributed by atoms with Gasteiger partial charge in [0.1, 0.15) is 18.2 Å². The highest BCUT2D eigenvalue weighted by Gasteiger charge is 2.23. The summed E-state index contributed by atoms with van der Waals surface area (Å²) in [6, 6.07) is 8.10. The molecule has 0 radical (unpaired) electrons. The minimum Gasteiger partial charge on any atom is -0.355 e. The van der Waals surface area contributed by atoms with E-state index in [9.17, 15) is 24.4 Å². The summed E-state index contributed by atoms with van der Waals surface area (Å²) in [5.74, 6) is -0.913. The molecule has 1 aliphatic heterocycles. The van der Waals surface area contributed by atoms with Gasteiger partial charge in [-0.1, -0.05) is 6.07 Å².